The summed E-state index contributed by atoms with van der Waals surface area (Å²) in [6, 6.07) is 13.1. The Morgan fingerprint density at radius 1 is 1.00 bits per heavy atom. The Balaban J connectivity index is 2.22. The first-order valence-corrected chi connectivity index (χ1v) is 8.29. The average molecular weight is 303 g/mol. The molecule has 0 saturated carbocycles. The normalized spacial score (nSPS) is 18.6. The maximum atomic E-state index is 4.79. The Bertz CT molecular complexity index is 829. The third-order valence-corrected chi connectivity index (χ3v) is 4.55. The van der Waals surface area contributed by atoms with Crippen molar-refractivity contribution in [2.75, 3.05) is 0 Å². The van der Waals surface area contributed by atoms with Crippen molar-refractivity contribution in [1.82, 2.24) is 0 Å². The van der Waals surface area contributed by atoms with Crippen LogP contribution in [0.2, 0.25) is 0 Å². The molecule has 0 heterocycles. The van der Waals surface area contributed by atoms with E-state index in [4.69, 9.17) is 4.99 Å². The van der Waals surface area contributed by atoms with Crippen LogP contribution in [0, 0.1) is 0 Å². The number of nitrogens with zero attached hydrogens (tertiary/aromatic N) is 1. The number of fused-ring (bicyclic) bond motifs is 1. The van der Waals surface area contributed by atoms with Crippen LogP contribution in [-0.2, 0) is 0 Å². The molecule has 0 fully saturated rings. The van der Waals surface area contributed by atoms with Gasteiger partial charge in [0, 0.05) is 17.7 Å². The number of rotatable bonds is 2. The number of hydrogen-bond donors (Lipinski definition) is 0. The van der Waals surface area contributed by atoms with Crippen molar-refractivity contribution in [3.8, 4) is 0 Å². The molecule has 118 valence electrons. The summed E-state index contributed by atoms with van der Waals surface area (Å²) in [4.78, 5) is 4.79. The lowest BCUT2D eigenvalue weighted by Crippen LogP contribution is -2.11. The summed E-state index contributed by atoms with van der Waals surface area (Å²) >= 11 is 0. The fraction of sp³-hybridized carbons (Fsp3) is 0.318. The first kappa shape index (κ1) is 15.7. The Labute approximate surface area is 139 Å². The fourth-order valence-corrected chi connectivity index (χ4v) is 3.08. The van der Waals surface area contributed by atoms with Gasteiger partial charge in [-0.25, -0.2) is 0 Å². The van der Waals surface area contributed by atoms with Crippen LogP contribution < -0.4 is 0 Å². The largest absolute Gasteiger partial charge is 0.287 e. The van der Waals surface area contributed by atoms with Crippen LogP contribution in [0.3, 0.4) is 0 Å². The zero-order valence-electron chi connectivity index (χ0n) is 14.7. The lowest BCUT2D eigenvalue weighted by Gasteiger charge is -2.18. The molecule has 0 saturated heterocycles. The summed E-state index contributed by atoms with van der Waals surface area (Å²) in [5, 5.41) is 2.55. The minimum Gasteiger partial charge on any atom is -0.287 e. The van der Waals surface area contributed by atoms with Crippen molar-refractivity contribution in [2.24, 2.45) is 4.99 Å². The van der Waals surface area contributed by atoms with Crippen LogP contribution in [0.25, 0.3) is 10.8 Å². The summed E-state index contributed by atoms with van der Waals surface area (Å²) in [5.41, 5.74) is 5.34. The lowest BCUT2D eigenvalue weighted by molar-refractivity contribution is 0.586. The summed E-state index contributed by atoms with van der Waals surface area (Å²) in [7, 11) is 0. The van der Waals surface area contributed by atoms with Gasteiger partial charge in [0.2, 0.25) is 0 Å². The summed E-state index contributed by atoms with van der Waals surface area (Å²) in [6.07, 6.45) is 6.62. The molecule has 0 aromatic heterocycles. The molecule has 23 heavy (non-hydrogen) atoms. The smallest absolute Gasteiger partial charge is 0.0524 e. The zero-order chi connectivity index (χ0) is 16.6. The second-order valence-electron chi connectivity index (χ2n) is 7.42. The van der Waals surface area contributed by atoms with Gasteiger partial charge in [-0.15, -0.1) is 0 Å². The average Bonchev–Trinajstić information content (AvgIpc) is 2.83. The Morgan fingerprint density at radius 2 is 1.74 bits per heavy atom. The first-order valence-electron chi connectivity index (χ1n) is 8.29. The van der Waals surface area contributed by atoms with Gasteiger partial charge in [0.15, 0.2) is 0 Å². The highest BCUT2D eigenvalue weighted by molar-refractivity contribution is 6.01. The van der Waals surface area contributed by atoms with Crippen molar-refractivity contribution in [2.45, 2.75) is 46.1 Å². The van der Waals surface area contributed by atoms with Crippen LogP contribution in [0.5, 0.6) is 0 Å². The zero-order valence-corrected chi connectivity index (χ0v) is 14.7. The highest BCUT2D eigenvalue weighted by Crippen LogP contribution is 2.37. The van der Waals surface area contributed by atoms with Gasteiger partial charge in [0.05, 0.1) is 5.54 Å². The van der Waals surface area contributed by atoms with Crippen molar-refractivity contribution >= 4 is 17.0 Å². The van der Waals surface area contributed by atoms with Gasteiger partial charge >= 0.3 is 0 Å². The van der Waals surface area contributed by atoms with E-state index in [-0.39, 0.29) is 5.54 Å². The Morgan fingerprint density at radius 3 is 2.39 bits per heavy atom. The molecule has 1 unspecified atom stereocenters. The van der Waals surface area contributed by atoms with E-state index >= 15 is 0 Å². The molecule has 2 aromatic rings. The predicted octanol–water partition coefficient (Wildman–Crippen LogP) is 6.05. The van der Waals surface area contributed by atoms with E-state index in [2.05, 4.69) is 89.4 Å². The topological polar surface area (TPSA) is 12.4 Å². The quantitative estimate of drug-likeness (QED) is 0.599. The molecule has 2 aromatic carbocycles. The Kier molecular flexibility index (Phi) is 3.97. The van der Waals surface area contributed by atoms with Crippen molar-refractivity contribution in [1.29, 1.82) is 0 Å². The fourth-order valence-electron chi connectivity index (χ4n) is 3.08. The van der Waals surface area contributed by atoms with Crippen LogP contribution in [0.1, 0.15) is 51.7 Å². The number of benzene rings is 2. The number of aliphatic imine (C=N–C) groups is 1. The molecule has 3 rings (SSSR count). The first-order chi connectivity index (χ1) is 10.9. The molecule has 1 aliphatic rings. The molecule has 1 aliphatic carbocycles. The maximum absolute atomic E-state index is 4.79. The minimum atomic E-state index is -0.0689. The standard InChI is InChI=1S/C22H25N/c1-15-10-12-18(16(15)2)20-13-11-17-8-6-7-9-19(17)21(20)14-23-22(3,4)5/h6-14,18H,1-5H3. The highest BCUT2D eigenvalue weighted by Gasteiger charge is 2.20. The van der Waals surface area contributed by atoms with Crippen LogP contribution >= 0.6 is 0 Å². The molecule has 0 radical (unpaired) electrons. The van der Waals surface area contributed by atoms with E-state index in [1.54, 1.807) is 0 Å². The van der Waals surface area contributed by atoms with Crippen molar-refractivity contribution < 1.29 is 0 Å². The van der Waals surface area contributed by atoms with Crippen molar-refractivity contribution in [3.05, 3.63) is 70.8 Å². The van der Waals surface area contributed by atoms with E-state index in [9.17, 15) is 0 Å². The molecule has 0 amide bonds. The molecular weight excluding hydrogens is 278 g/mol. The SMILES string of the molecule is CC1=C(C)C(c2ccc3ccccc3c2C=NC(C)(C)C)C=C1. The second kappa shape index (κ2) is 5.81. The van der Waals surface area contributed by atoms with E-state index < -0.39 is 0 Å². The van der Waals surface area contributed by atoms with Crippen LogP contribution in [-0.4, -0.2) is 11.8 Å². The lowest BCUT2D eigenvalue weighted by atomic mass is 9.87. The molecule has 0 bridgehead atoms. The van der Waals surface area contributed by atoms with Gasteiger partial charge in [0.1, 0.15) is 0 Å². The third kappa shape index (κ3) is 3.14. The van der Waals surface area contributed by atoms with Gasteiger partial charge in [-0.1, -0.05) is 59.7 Å². The molecule has 0 spiro atoms. The van der Waals surface area contributed by atoms with E-state index in [0.717, 1.165) is 0 Å². The van der Waals surface area contributed by atoms with Crippen LogP contribution in [0.4, 0.5) is 0 Å². The van der Waals surface area contributed by atoms with Gasteiger partial charge in [-0.3, -0.25) is 4.99 Å². The summed E-state index contributed by atoms with van der Waals surface area (Å²) in [6.45, 7) is 10.8. The molecule has 1 heteroatoms. The van der Waals surface area contributed by atoms with Gasteiger partial charge in [-0.05, 0) is 51.0 Å². The minimum absolute atomic E-state index is 0.0689. The maximum Gasteiger partial charge on any atom is 0.0524 e. The van der Waals surface area contributed by atoms with Gasteiger partial charge < -0.3 is 0 Å². The molecule has 0 N–H and O–H groups in total. The van der Waals surface area contributed by atoms with Crippen molar-refractivity contribution in [3.63, 3.8) is 0 Å². The monoisotopic (exact) mass is 303 g/mol. The summed E-state index contributed by atoms with van der Waals surface area (Å²) in [5.74, 6) is 0.362. The van der Waals surface area contributed by atoms with Crippen LogP contribution in [0.15, 0.2) is 64.7 Å². The van der Waals surface area contributed by atoms with E-state index in [1.807, 2.05) is 0 Å². The van der Waals surface area contributed by atoms with E-state index in [0.29, 0.717) is 5.92 Å². The van der Waals surface area contributed by atoms with Gasteiger partial charge in [0.25, 0.3) is 0 Å². The molecule has 1 nitrogen and oxygen atoms in total. The number of allylic oxidation sites excluding steroid dienone is 4. The molecule has 0 aliphatic heterocycles. The van der Waals surface area contributed by atoms with Gasteiger partial charge in [-0.2, -0.15) is 0 Å². The Hall–Kier alpha value is -2.15. The third-order valence-electron chi connectivity index (χ3n) is 4.55. The second-order valence-corrected chi connectivity index (χ2v) is 7.42. The van der Waals surface area contributed by atoms with E-state index in [1.165, 1.54) is 33.0 Å². The highest BCUT2D eigenvalue weighted by atomic mass is 14.8. The molecular formula is C22H25N. The summed E-state index contributed by atoms with van der Waals surface area (Å²) < 4.78 is 0. The molecule has 1 atom stereocenters. The predicted molar refractivity (Wildman–Crippen MR) is 102 cm³/mol. The number of hydrogen-bond acceptors (Lipinski definition) is 1.